The van der Waals surface area contributed by atoms with Gasteiger partial charge >= 0.3 is 5.97 Å². The van der Waals surface area contributed by atoms with Gasteiger partial charge in [0.25, 0.3) is 5.91 Å². The molecule has 1 aromatic heterocycles. The van der Waals surface area contributed by atoms with Crippen molar-refractivity contribution in [2.75, 3.05) is 13.1 Å². The van der Waals surface area contributed by atoms with Crippen LogP contribution in [-0.4, -0.2) is 40.0 Å². The summed E-state index contributed by atoms with van der Waals surface area (Å²) in [6.45, 7) is 2.75. The smallest absolute Gasteiger partial charge is 0.306 e. The summed E-state index contributed by atoms with van der Waals surface area (Å²) < 4.78 is 0. The lowest BCUT2D eigenvalue weighted by atomic mass is 9.87. The molecule has 86 valence electrons. The van der Waals surface area contributed by atoms with E-state index < -0.39 is 5.97 Å². The third-order valence-corrected chi connectivity index (χ3v) is 3.70. The molecule has 1 aliphatic rings. The minimum Gasteiger partial charge on any atom is -0.481 e. The van der Waals surface area contributed by atoms with Crippen LogP contribution in [0.25, 0.3) is 0 Å². The molecule has 5 nitrogen and oxygen atoms in total. The molecule has 0 aromatic carbocycles. The molecule has 1 atom stereocenters. The molecule has 1 N–H and O–H groups in total. The Morgan fingerprint density at radius 2 is 2.31 bits per heavy atom. The van der Waals surface area contributed by atoms with Crippen LogP contribution in [0.2, 0.25) is 0 Å². The van der Waals surface area contributed by atoms with Crippen molar-refractivity contribution in [2.45, 2.75) is 6.92 Å². The number of carboxylic acids is 1. The van der Waals surface area contributed by atoms with Crippen molar-refractivity contribution in [1.29, 1.82) is 0 Å². The van der Waals surface area contributed by atoms with Gasteiger partial charge in [-0.2, -0.15) is 0 Å². The van der Waals surface area contributed by atoms with Gasteiger partial charge in [0.05, 0.1) is 17.6 Å². The molecule has 1 saturated heterocycles. The van der Waals surface area contributed by atoms with Gasteiger partial charge in [0.2, 0.25) is 0 Å². The Balaban J connectivity index is 1.89. The largest absolute Gasteiger partial charge is 0.481 e. The van der Waals surface area contributed by atoms with Crippen LogP contribution < -0.4 is 0 Å². The topological polar surface area (TPSA) is 70.5 Å². The monoisotopic (exact) mass is 240 g/mol. The summed E-state index contributed by atoms with van der Waals surface area (Å²) in [5, 5.41) is 8.81. The average molecular weight is 240 g/mol. The fourth-order valence-corrected chi connectivity index (χ4v) is 2.26. The van der Waals surface area contributed by atoms with Gasteiger partial charge in [-0.3, -0.25) is 14.6 Å². The van der Waals surface area contributed by atoms with E-state index in [1.165, 1.54) is 11.3 Å². The van der Waals surface area contributed by atoms with Crippen LogP contribution >= 0.6 is 11.3 Å². The average Bonchev–Trinajstić information content (AvgIpc) is 2.67. The van der Waals surface area contributed by atoms with E-state index in [-0.39, 0.29) is 17.7 Å². The van der Waals surface area contributed by atoms with E-state index in [9.17, 15) is 9.59 Å². The van der Waals surface area contributed by atoms with Crippen LogP contribution in [0.15, 0.2) is 11.7 Å². The highest BCUT2D eigenvalue weighted by atomic mass is 32.1. The maximum atomic E-state index is 11.8. The van der Waals surface area contributed by atoms with E-state index in [2.05, 4.69) is 4.98 Å². The fraction of sp³-hybridized carbons (Fsp3) is 0.500. The standard InChI is InChI=1S/C10H12N2O3S/c1-6(10(14)15)7-3-12(4-7)9(13)8-2-11-5-16-8/h2,5-7H,3-4H2,1H3,(H,14,15). The van der Waals surface area contributed by atoms with Crippen molar-refractivity contribution in [1.82, 2.24) is 9.88 Å². The number of aromatic nitrogens is 1. The first kappa shape index (κ1) is 11.1. The van der Waals surface area contributed by atoms with Crippen molar-refractivity contribution in [3.05, 3.63) is 16.6 Å². The first-order valence-electron chi connectivity index (χ1n) is 5.00. The van der Waals surface area contributed by atoms with E-state index in [4.69, 9.17) is 5.11 Å². The number of aliphatic carboxylic acids is 1. The first-order chi connectivity index (χ1) is 7.59. The summed E-state index contributed by atoms with van der Waals surface area (Å²) in [5.74, 6) is -1.15. The first-order valence-corrected chi connectivity index (χ1v) is 5.88. The summed E-state index contributed by atoms with van der Waals surface area (Å²) in [6.07, 6.45) is 1.54. The van der Waals surface area contributed by atoms with E-state index in [1.807, 2.05) is 0 Å². The molecule has 1 aliphatic heterocycles. The molecule has 1 aromatic rings. The SMILES string of the molecule is CC(C(=O)O)C1CN(C(=O)c2cncs2)C1. The molecular formula is C10H12N2O3S. The number of hydrogen-bond acceptors (Lipinski definition) is 4. The number of hydrogen-bond donors (Lipinski definition) is 1. The van der Waals surface area contributed by atoms with Crippen LogP contribution in [0, 0.1) is 11.8 Å². The maximum absolute atomic E-state index is 11.8. The van der Waals surface area contributed by atoms with E-state index in [1.54, 1.807) is 23.5 Å². The number of carboxylic acid groups (broad SMARTS) is 1. The number of rotatable bonds is 3. The van der Waals surface area contributed by atoms with E-state index in [0.717, 1.165) is 0 Å². The zero-order valence-corrected chi connectivity index (χ0v) is 9.61. The summed E-state index contributed by atoms with van der Waals surface area (Å²) in [7, 11) is 0. The molecule has 2 heterocycles. The molecule has 0 spiro atoms. The molecule has 16 heavy (non-hydrogen) atoms. The van der Waals surface area contributed by atoms with Crippen LogP contribution in [-0.2, 0) is 4.79 Å². The van der Waals surface area contributed by atoms with Crippen LogP contribution in [0.4, 0.5) is 0 Å². The Morgan fingerprint density at radius 1 is 1.62 bits per heavy atom. The minimum atomic E-state index is -0.796. The number of carbonyl (C=O) groups excluding carboxylic acids is 1. The van der Waals surface area contributed by atoms with Gasteiger partial charge in [-0.05, 0) is 0 Å². The summed E-state index contributed by atoms with van der Waals surface area (Å²) in [6, 6.07) is 0. The van der Waals surface area contributed by atoms with Gasteiger partial charge in [-0.1, -0.05) is 6.92 Å². The van der Waals surface area contributed by atoms with Crippen molar-refractivity contribution in [2.24, 2.45) is 11.8 Å². The molecule has 6 heteroatoms. The third-order valence-electron chi connectivity index (χ3n) is 2.94. The number of likely N-dealkylation sites (tertiary alicyclic amines) is 1. The lowest BCUT2D eigenvalue weighted by molar-refractivity contribution is -0.144. The molecule has 2 rings (SSSR count). The van der Waals surface area contributed by atoms with Crippen LogP contribution in [0.5, 0.6) is 0 Å². The predicted molar refractivity (Wildman–Crippen MR) is 58.3 cm³/mol. The fourth-order valence-electron chi connectivity index (χ4n) is 1.67. The van der Waals surface area contributed by atoms with Gasteiger partial charge < -0.3 is 10.0 Å². The second-order valence-electron chi connectivity index (χ2n) is 3.96. The molecule has 0 bridgehead atoms. The van der Waals surface area contributed by atoms with Gasteiger partial charge in [0.15, 0.2) is 0 Å². The van der Waals surface area contributed by atoms with Gasteiger partial charge in [-0.25, -0.2) is 0 Å². The Labute approximate surface area is 96.7 Å². The molecule has 1 unspecified atom stereocenters. The van der Waals surface area contributed by atoms with E-state index in [0.29, 0.717) is 18.0 Å². The number of carbonyl (C=O) groups is 2. The highest BCUT2D eigenvalue weighted by molar-refractivity contribution is 7.11. The molecule has 1 amide bonds. The van der Waals surface area contributed by atoms with Crippen molar-refractivity contribution in [3.8, 4) is 0 Å². The lowest BCUT2D eigenvalue weighted by Gasteiger charge is -2.40. The zero-order chi connectivity index (χ0) is 11.7. The molecule has 0 saturated carbocycles. The number of amides is 1. The second kappa shape index (κ2) is 4.21. The Kier molecular flexibility index (Phi) is 2.91. The lowest BCUT2D eigenvalue weighted by Crippen LogP contribution is -2.53. The normalized spacial score (nSPS) is 17.9. The Morgan fingerprint density at radius 3 is 2.81 bits per heavy atom. The third kappa shape index (κ3) is 1.92. The Hall–Kier alpha value is -1.43. The predicted octanol–water partition coefficient (Wildman–Crippen LogP) is 0.936. The van der Waals surface area contributed by atoms with Crippen molar-refractivity contribution >= 4 is 23.2 Å². The summed E-state index contributed by atoms with van der Waals surface area (Å²) >= 11 is 1.31. The molecular weight excluding hydrogens is 228 g/mol. The van der Waals surface area contributed by atoms with Crippen molar-refractivity contribution in [3.63, 3.8) is 0 Å². The highest BCUT2D eigenvalue weighted by Crippen LogP contribution is 2.26. The zero-order valence-electron chi connectivity index (χ0n) is 8.79. The van der Waals surface area contributed by atoms with Gasteiger partial charge in [-0.15, -0.1) is 11.3 Å². The van der Waals surface area contributed by atoms with E-state index >= 15 is 0 Å². The maximum Gasteiger partial charge on any atom is 0.306 e. The minimum absolute atomic E-state index is 0.0451. The quantitative estimate of drug-likeness (QED) is 0.853. The molecule has 0 radical (unpaired) electrons. The molecule has 1 fully saturated rings. The summed E-state index contributed by atoms with van der Waals surface area (Å²) in [4.78, 5) is 28.6. The van der Waals surface area contributed by atoms with Gasteiger partial charge in [0.1, 0.15) is 4.88 Å². The van der Waals surface area contributed by atoms with Crippen LogP contribution in [0.1, 0.15) is 16.6 Å². The summed E-state index contributed by atoms with van der Waals surface area (Å²) in [5.41, 5.74) is 1.62. The van der Waals surface area contributed by atoms with Crippen molar-refractivity contribution < 1.29 is 14.7 Å². The highest BCUT2D eigenvalue weighted by Gasteiger charge is 2.37. The molecule has 0 aliphatic carbocycles. The Bertz CT molecular complexity index is 398. The number of nitrogens with zero attached hydrogens (tertiary/aromatic N) is 2. The number of thiazole rings is 1. The van der Waals surface area contributed by atoms with Crippen LogP contribution in [0.3, 0.4) is 0 Å². The van der Waals surface area contributed by atoms with Gasteiger partial charge in [0, 0.05) is 19.0 Å². The second-order valence-corrected chi connectivity index (χ2v) is 4.85.